The summed E-state index contributed by atoms with van der Waals surface area (Å²) < 4.78 is 10.3. The van der Waals surface area contributed by atoms with E-state index in [1.54, 1.807) is 27.7 Å². The molecule has 10 nitrogen and oxygen atoms in total. The van der Waals surface area contributed by atoms with Crippen LogP contribution in [-0.2, 0) is 9.47 Å². The fourth-order valence-electron chi connectivity index (χ4n) is 2.56. The molecule has 10 heteroatoms. The molecule has 0 bridgehead atoms. The maximum atomic E-state index is 11.9. The standard InChI is InChI=1S/C14H24N2O6.2H2O/c1-11(2)13(5,19)15(9(17)21-11)7-8-16-10(18)22-12(3,4)14(16,6)20;;/h19-20H,7-8H2,1-6H3;2*1H2. The van der Waals surface area contributed by atoms with Crippen LogP contribution in [-0.4, -0.2) is 78.9 Å². The van der Waals surface area contributed by atoms with Crippen molar-refractivity contribution < 1.29 is 40.2 Å². The van der Waals surface area contributed by atoms with Crippen LogP contribution in [0.4, 0.5) is 9.59 Å². The number of nitrogens with zero attached hydrogens (tertiary/aromatic N) is 2. The van der Waals surface area contributed by atoms with E-state index in [9.17, 15) is 19.8 Å². The summed E-state index contributed by atoms with van der Waals surface area (Å²) in [7, 11) is 0. The maximum absolute atomic E-state index is 11.9. The van der Waals surface area contributed by atoms with Crippen LogP contribution < -0.4 is 0 Å². The van der Waals surface area contributed by atoms with Crippen molar-refractivity contribution in [1.29, 1.82) is 0 Å². The molecule has 2 saturated heterocycles. The summed E-state index contributed by atoms with van der Waals surface area (Å²) in [6, 6.07) is 0. The number of rotatable bonds is 3. The number of aliphatic hydroxyl groups is 2. The molecule has 2 aliphatic rings. The van der Waals surface area contributed by atoms with Gasteiger partial charge in [-0.3, -0.25) is 9.80 Å². The molecule has 0 aromatic carbocycles. The van der Waals surface area contributed by atoms with E-state index in [-0.39, 0.29) is 24.0 Å². The van der Waals surface area contributed by atoms with Crippen LogP contribution in [0.25, 0.3) is 0 Å². The second kappa shape index (κ2) is 6.03. The largest absolute Gasteiger partial charge is 0.438 e. The summed E-state index contributed by atoms with van der Waals surface area (Å²) in [5.41, 5.74) is -5.18. The van der Waals surface area contributed by atoms with E-state index >= 15 is 0 Å². The number of carbonyl (C=O) groups is 2. The quantitative estimate of drug-likeness (QED) is 0.676. The van der Waals surface area contributed by atoms with E-state index in [1.807, 2.05) is 0 Å². The summed E-state index contributed by atoms with van der Waals surface area (Å²) in [6.07, 6.45) is -1.33. The molecule has 0 aromatic heterocycles. The van der Waals surface area contributed by atoms with E-state index in [0.717, 1.165) is 9.80 Å². The normalized spacial score (nSPS) is 33.5. The van der Waals surface area contributed by atoms with Crippen molar-refractivity contribution in [2.24, 2.45) is 0 Å². The van der Waals surface area contributed by atoms with E-state index in [0.29, 0.717) is 0 Å². The molecule has 2 fully saturated rings. The Morgan fingerprint density at radius 2 is 1.00 bits per heavy atom. The van der Waals surface area contributed by atoms with Crippen molar-refractivity contribution in [3.05, 3.63) is 0 Å². The zero-order chi connectivity index (χ0) is 17.1. The molecule has 0 saturated carbocycles. The van der Waals surface area contributed by atoms with Gasteiger partial charge in [0.25, 0.3) is 0 Å². The zero-order valence-corrected chi connectivity index (χ0v) is 14.8. The Balaban J connectivity index is 0.00000264. The summed E-state index contributed by atoms with van der Waals surface area (Å²) in [5, 5.41) is 21.0. The lowest BCUT2D eigenvalue weighted by Gasteiger charge is -2.38. The lowest BCUT2D eigenvalue weighted by atomic mass is 9.95. The van der Waals surface area contributed by atoms with Crippen molar-refractivity contribution in [2.45, 2.75) is 64.2 Å². The Morgan fingerprint density at radius 1 is 0.750 bits per heavy atom. The molecule has 2 aliphatic heterocycles. The Hall–Kier alpha value is -1.62. The lowest BCUT2D eigenvalue weighted by molar-refractivity contribution is -0.141. The molecule has 0 aromatic rings. The molecule has 6 N–H and O–H groups in total. The highest BCUT2D eigenvalue weighted by Crippen LogP contribution is 2.39. The van der Waals surface area contributed by atoms with Gasteiger partial charge in [0.1, 0.15) is 0 Å². The monoisotopic (exact) mass is 352 g/mol. The number of cyclic esters (lactones) is 2. The minimum absolute atomic E-state index is 0. The molecular formula is C14H28N2O8. The van der Waals surface area contributed by atoms with Crippen LogP contribution in [0.2, 0.25) is 0 Å². The third-order valence-corrected chi connectivity index (χ3v) is 5.01. The molecule has 2 unspecified atom stereocenters. The summed E-state index contributed by atoms with van der Waals surface area (Å²) in [5.74, 6) is 0. The summed E-state index contributed by atoms with van der Waals surface area (Å²) in [6.45, 7) is 9.39. The predicted octanol–water partition coefficient (Wildman–Crippen LogP) is -0.784. The minimum Gasteiger partial charge on any atom is -0.438 e. The average molecular weight is 352 g/mol. The Bertz CT molecular complexity index is 469. The fraction of sp³-hybridized carbons (Fsp3) is 0.857. The van der Waals surface area contributed by atoms with Crippen LogP contribution in [0, 0.1) is 0 Å². The van der Waals surface area contributed by atoms with Gasteiger partial charge in [0.15, 0.2) is 22.7 Å². The van der Waals surface area contributed by atoms with Crippen LogP contribution in [0.1, 0.15) is 41.5 Å². The van der Waals surface area contributed by atoms with Crippen molar-refractivity contribution in [3.63, 3.8) is 0 Å². The van der Waals surface area contributed by atoms with Crippen LogP contribution >= 0.6 is 0 Å². The van der Waals surface area contributed by atoms with Crippen LogP contribution in [0.5, 0.6) is 0 Å². The maximum Gasteiger partial charge on any atom is 0.412 e. The molecule has 0 radical (unpaired) electrons. The SMILES string of the molecule is CC1(C)OC(=O)N(CCN2C(=O)OC(C)(C)C2(C)O)C1(C)O.O.O. The van der Waals surface area contributed by atoms with Gasteiger partial charge >= 0.3 is 12.2 Å². The summed E-state index contributed by atoms with van der Waals surface area (Å²) >= 11 is 0. The molecule has 142 valence electrons. The average Bonchev–Trinajstić information content (AvgIpc) is 2.54. The first-order chi connectivity index (χ1) is 9.74. The van der Waals surface area contributed by atoms with Gasteiger partial charge in [-0.2, -0.15) is 0 Å². The van der Waals surface area contributed by atoms with Crippen LogP contribution in [0.3, 0.4) is 0 Å². The molecule has 2 rings (SSSR count). The smallest absolute Gasteiger partial charge is 0.412 e. The van der Waals surface area contributed by atoms with Gasteiger partial charge in [-0.05, 0) is 41.5 Å². The fourth-order valence-corrected chi connectivity index (χ4v) is 2.56. The Kier molecular flexibility index (Phi) is 5.62. The first-order valence-electron chi connectivity index (χ1n) is 7.20. The first-order valence-corrected chi connectivity index (χ1v) is 7.20. The van der Waals surface area contributed by atoms with E-state index in [4.69, 9.17) is 9.47 Å². The summed E-state index contributed by atoms with van der Waals surface area (Å²) in [4.78, 5) is 26.1. The van der Waals surface area contributed by atoms with Crippen molar-refractivity contribution in [1.82, 2.24) is 9.80 Å². The number of amides is 2. The van der Waals surface area contributed by atoms with Gasteiger partial charge in [0, 0.05) is 13.1 Å². The second-order valence-electron chi connectivity index (χ2n) is 7.10. The zero-order valence-electron chi connectivity index (χ0n) is 14.8. The van der Waals surface area contributed by atoms with Gasteiger partial charge < -0.3 is 30.6 Å². The Labute approximate surface area is 140 Å². The lowest BCUT2D eigenvalue weighted by Crippen LogP contribution is -2.58. The highest BCUT2D eigenvalue weighted by atomic mass is 16.6. The van der Waals surface area contributed by atoms with Crippen molar-refractivity contribution >= 4 is 12.2 Å². The molecule has 0 spiro atoms. The highest BCUT2D eigenvalue weighted by Gasteiger charge is 2.59. The van der Waals surface area contributed by atoms with Crippen molar-refractivity contribution in [2.75, 3.05) is 13.1 Å². The van der Waals surface area contributed by atoms with Gasteiger partial charge in [0.2, 0.25) is 0 Å². The molecule has 0 aliphatic carbocycles. The number of carbonyl (C=O) groups excluding carboxylic acids is 2. The third kappa shape index (κ3) is 2.90. The third-order valence-electron chi connectivity index (χ3n) is 5.01. The number of hydrogen-bond donors (Lipinski definition) is 2. The molecule has 2 heterocycles. The Morgan fingerprint density at radius 3 is 1.17 bits per heavy atom. The van der Waals surface area contributed by atoms with Gasteiger partial charge in [-0.25, -0.2) is 9.59 Å². The van der Waals surface area contributed by atoms with Gasteiger partial charge in [-0.1, -0.05) is 0 Å². The first kappa shape index (κ1) is 22.4. The molecular weight excluding hydrogens is 324 g/mol. The number of hydrogen-bond acceptors (Lipinski definition) is 6. The molecule has 2 atom stereocenters. The molecule has 24 heavy (non-hydrogen) atoms. The van der Waals surface area contributed by atoms with E-state index < -0.39 is 34.8 Å². The van der Waals surface area contributed by atoms with E-state index in [1.165, 1.54) is 13.8 Å². The van der Waals surface area contributed by atoms with Crippen LogP contribution in [0.15, 0.2) is 0 Å². The minimum atomic E-state index is -1.52. The predicted molar refractivity (Wildman–Crippen MR) is 83.0 cm³/mol. The van der Waals surface area contributed by atoms with Crippen molar-refractivity contribution in [3.8, 4) is 0 Å². The molecule has 2 amide bonds. The topological polar surface area (TPSA) is 163 Å². The highest BCUT2D eigenvalue weighted by molar-refractivity contribution is 5.73. The van der Waals surface area contributed by atoms with Gasteiger partial charge in [0.05, 0.1) is 0 Å². The second-order valence-corrected chi connectivity index (χ2v) is 7.10. The van der Waals surface area contributed by atoms with E-state index in [2.05, 4.69) is 0 Å². The van der Waals surface area contributed by atoms with Gasteiger partial charge in [-0.15, -0.1) is 0 Å². The number of ether oxygens (including phenoxy) is 2.